The Hall–Kier alpha value is -1.53. The van der Waals surface area contributed by atoms with Crippen molar-refractivity contribution in [2.24, 2.45) is 0 Å². The molecule has 0 amide bonds. The van der Waals surface area contributed by atoms with Crippen LogP contribution in [0.1, 0.15) is 12.5 Å². The van der Waals surface area contributed by atoms with Gasteiger partial charge in [-0.1, -0.05) is 6.07 Å². The second-order valence-corrected chi connectivity index (χ2v) is 4.68. The van der Waals surface area contributed by atoms with Crippen LogP contribution < -0.4 is 5.32 Å². The SMILES string of the molecule is CCOC(=O)C1CNCCN1Cc1ccc(F)cc1F. The Morgan fingerprint density at radius 3 is 3.00 bits per heavy atom. The summed E-state index contributed by atoms with van der Waals surface area (Å²) < 4.78 is 31.6. The summed E-state index contributed by atoms with van der Waals surface area (Å²) >= 11 is 0. The molecule has 4 nitrogen and oxygen atoms in total. The molecule has 6 heteroatoms. The molecule has 1 aliphatic rings. The molecule has 1 atom stereocenters. The van der Waals surface area contributed by atoms with E-state index in [1.54, 1.807) is 6.92 Å². The number of piperazine rings is 1. The Labute approximate surface area is 116 Å². The third-order valence-corrected chi connectivity index (χ3v) is 3.30. The predicted molar refractivity (Wildman–Crippen MR) is 70.1 cm³/mol. The molecule has 1 unspecified atom stereocenters. The van der Waals surface area contributed by atoms with E-state index >= 15 is 0 Å². The van der Waals surface area contributed by atoms with Crippen molar-refractivity contribution < 1.29 is 18.3 Å². The average molecular weight is 284 g/mol. The van der Waals surface area contributed by atoms with Gasteiger partial charge in [0.05, 0.1) is 6.61 Å². The van der Waals surface area contributed by atoms with Gasteiger partial charge < -0.3 is 10.1 Å². The Bertz CT molecular complexity index is 482. The Balaban J connectivity index is 2.10. The molecule has 1 saturated heterocycles. The number of ether oxygens (including phenoxy) is 1. The van der Waals surface area contributed by atoms with Gasteiger partial charge in [-0.2, -0.15) is 0 Å². The number of carbonyl (C=O) groups is 1. The van der Waals surface area contributed by atoms with Gasteiger partial charge in [-0.3, -0.25) is 9.69 Å². The normalized spacial score (nSPS) is 19.9. The van der Waals surface area contributed by atoms with E-state index in [4.69, 9.17) is 4.74 Å². The molecule has 0 spiro atoms. The lowest BCUT2D eigenvalue weighted by Crippen LogP contribution is -2.54. The monoisotopic (exact) mass is 284 g/mol. The van der Waals surface area contributed by atoms with E-state index in [1.165, 1.54) is 12.1 Å². The molecule has 1 aromatic carbocycles. The maximum atomic E-state index is 13.7. The number of esters is 1. The number of benzene rings is 1. The number of halogens is 2. The molecule has 0 saturated carbocycles. The van der Waals surface area contributed by atoms with Crippen molar-refractivity contribution in [3.05, 3.63) is 35.4 Å². The highest BCUT2D eigenvalue weighted by Gasteiger charge is 2.30. The third-order valence-electron chi connectivity index (χ3n) is 3.30. The second kappa shape index (κ2) is 6.76. The van der Waals surface area contributed by atoms with E-state index in [0.717, 1.165) is 12.6 Å². The summed E-state index contributed by atoms with van der Waals surface area (Å²) in [5.74, 6) is -1.51. The van der Waals surface area contributed by atoms with E-state index < -0.39 is 17.7 Å². The highest BCUT2D eigenvalue weighted by Crippen LogP contribution is 2.15. The van der Waals surface area contributed by atoms with E-state index in [1.807, 2.05) is 4.90 Å². The zero-order valence-electron chi connectivity index (χ0n) is 11.4. The zero-order chi connectivity index (χ0) is 14.5. The Kier molecular flexibility index (Phi) is 5.03. The summed E-state index contributed by atoms with van der Waals surface area (Å²) in [7, 11) is 0. The lowest BCUT2D eigenvalue weighted by Gasteiger charge is -2.34. The van der Waals surface area contributed by atoms with Crippen LogP contribution in [0.4, 0.5) is 8.78 Å². The van der Waals surface area contributed by atoms with Gasteiger partial charge in [0, 0.05) is 37.8 Å². The summed E-state index contributed by atoms with van der Waals surface area (Å²) in [6, 6.07) is 3.05. The van der Waals surface area contributed by atoms with Gasteiger partial charge in [-0.25, -0.2) is 8.78 Å². The third kappa shape index (κ3) is 3.52. The summed E-state index contributed by atoms with van der Waals surface area (Å²) in [5.41, 5.74) is 0.377. The first-order valence-corrected chi connectivity index (χ1v) is 6.67. The van der Waals surface area contributed by atoms with Crippen LogP contribution in [0, 0.1) is 11.6 Å². The van der Waals surface area contributed by atoms with E-state index in [-0.39, 0.29) is 12.5 Å². The van der Waals surface area contributed by atoms with Crippen molar-refractivity contribution in [2.75, 3.05) is 26.2 Å². The van der Waals surface area contributed by atoms with Gasteiger partial charge in [-0.15, -0.1) is 0 Å². The molecular formula is C14H18F2N2O2. The van der Waals surface area contributed by atoms with Crippen LogP contribution in [-0.2, 0) is 16.1 Å². The first-order chi connectivity index (χ1) is 9.61. The van der Waals surface area contributed by atoms with Gasteiger partial charge in [-0.05, 0) is 13.0 Å². The first kappa shape index (κ1) is 14.9. The zero-order valence-corrected chi connectivity index (χ0v) is 11.4. The van der Waals surface area contributed by atoms with Crippen LogP contribution in [0.5, 0.6) is 0 Å². The Morgan fingerprint density at radius 1 is 1.50 bits per heavy atom. The van der Waals surface area contributed by atoms with E-state index in [9.17, 15) is 13.6 Å². The molecule has 1 fully saturated rings. The minimum absolute atomic E-state index is 0.261. The molecule has 2 rings (SSSR count). The molecule has 1 heterocycles. The maximum absolute atomic E-state index is 13.7. The van der Waals surface area contributed by atoms with Crippen molar-refractivity contribution in [3.8, 4) is 0 Å². The number of carbonyl (C=O) groups excluding carboxylic acids is 1. The van der Waals surface area contributed by atoms with E-state index in [2.05, 4.69) is 5.32 Å². The highest BCUT2D eigenvalue weighted by atomic mass is 19.1. The van der Waals surface area contributed by atoms with Gasteiger partial charge in [0.15, 0.2) is 0 Å². The Morgan fingerprint density at radius 2 is 2.30 bits per heavy atom. The lowest BCUT2D eigenvalue weighted by atomic mass is 10.1. The fourth-order valence-electron chi connectivity index (χ4n) is 2.28. The lowest BCUT2D eigenvalue weighted by molar-refractivity contribution is -0.150. The summed E-state index contributed by atoms with van der Waals surface area (Å²) in [5, 5.41) is 3.12. The number of hydrogen-bond donors (Lipinski definition) is 1. The number of nitrogens with zero attached hydrogens (tertiary/aromatic N) is 1. The average Bonchev–Trinajstić information content (AvgIpc) is 2.43. The summed E-state index contributed by atoms with van der Waals surface area (Å²) in [4.78, 5) is 13.7. The van der Waals surface area contributed by atoms with Crippen LogP contribution in [0.3, 0.4) is 0 Å². The van der Waals surface area contributed by atoms with Crippen LogP contribution in [-0.4, -0.2) is 43.2 Å². The van der Waals surface area contributed by atoms with Gasteiger partial charge in [0.2, 0.25) is 0 Å². The van der Waals surface area contributed by atoms with Crippen molar-refractivity contribution in [1.82, 2.24) is 10.2 Å². The van der Waals surface area contributed by atoms with Crippen molar-refractivity contribution in [3.63, 3.8) is 0 Å². The van der Waals surface area contributed by atoms with Crippen LogP contribution in [0.2, 0.25) is 0 Å². The largest absolute Gasteiger partial charge is 0.465 e. The van der Waals surface area contributed by atoms with Gasteiger partial charge >= 0.3 is 5.97 Å². The van der Waals surface area contributed by atoms with E-state index in [0.29, 0.717) is 25.3 Å². The minimum atomic E-state index is -0.603. The quantitative estimate of drug-likeness (QED) is 0.846. The molecule has 1 aromatic rings. The minimum Gasteiger partial charge on any atom is -0.465 e. The van der Waals surface area contributed by atoms with Gasteiger partial charge in [0.1, 0.15) is 17.7 Å². The molecule has 0 bridgehead atoms. The van der Waals surface area contributed by atoms with Crippen LogP contribution in [0.25, 0.3) is 0 Å². The molecule has 0 radical (unpaired) electrons. The van der Waals surface area contributed by atoms with Gasteiger partial charge in [0.25, 0.3) is 0 Å². The van der Waals surface area contributed by atoms with Crippen molar-refractivity contribution in [2.45, 2.75) is 19.5 Å². The predicted octanol–water partition coefficient (Wildman–Crippen LogP) is 1.30. The fraction of sp³-hybridized carbons (Fsp3) is 0.500. The molecule has 110 valence electrons. The molecule has 0 aliphatic carbocycles. The smallest absolute Gasteiger partial charge is 0.324 e. The van der Waals surface area contributed by atoms with Crippen molar-refractivity contribution in [1.29, 1.82) is 0 Å². The first-order valence-electron chi connectivity index (χ1n) is 6.67. The van der Waals surface area contributed by atoms with Crippen molar-refractivity contribution >= 4 is 5.97 Å². The van der Waals surface area contributed by atoms with Crippen LogP contribution >= 0.6 is 0 Å². The second-order valence-electron chi connectivity index (χ2n) is 4.68. The fourth-order valence-corrected chi connectivity index (χ4v) is 2.28. The molecular weight excluding hydrogens is 266 g/mol. The summed E-state index contributed by atoms with van der Waals surface area (Å²) in [6.07, 6.45) is 0. The summed E-state index contributed by atoms with van der Waals surface area (Å²) in [6.45, 7) is 4.13. The number of nitrogens with one attached hydrogen (secondary N) is 1. The standard InChI is InChI=1S/C14H18F2N2O2/c1-2-20-14(19)13-8-17-5-6-18(13)9-10-3-4-11(15)7-12(10)16/h3-4,7,13,17H,2,5-6,8-9H2,1H3. The van der Waals surface area contributed by atoms with Crippen LogP contribution in [0.15, 0.2) is 18.2 Å². The molecule has 20 heavy (non-hydrogen) atoms. The number of rotatable bonds is 4. The topological polar surface area (TPSA) is 41.6 Å². The molecule has 0 aromatic heterocycles. The maximum Gasteiger partial charge on any atom is 0.324 e. The number of hydrogen-bond acceptors (Lipinski definition) is 4. The molecule has 1 N–H and O–H groups in total. The molecule has 1 aliphatic heterocycles. The highest BCUT2D eigenvalue weighted by molar-refractivity contribution is 5.76.